The molecule has 4 rings (SSSR count). The van der Waals surface area contributed by atoms with Gasteiger partial charge in [-0.15, -0.1) is 11.3 Å². The standard InChI is InChI=1S/C25H27N5O2S/c1-25(2,3)32-30(17-31)21(13-20-7-5-6-12-27-20)24-28-14-22(29(24)4)18-8-10-19(11-9-18)23-15-26-16-33-23/h5-12,14-17,21H,13H2,1-4H3/t21-/m0/s1. The third kappa shape index (κ3) is 5.35. The van der Waals surface area contributed by atoms with Crippen LogP contribution < -0.4 is 0 Å². The molecule has 1 amide bonds. The molecule has 3 heterocycles. The molecule has 0 bridgehead atoms. The van der Waals surface area contributed by atoms with Crippen LogP contribution in [0.3, 0.4) is 0 Å². The minimum absolute atomic E-state index is 0.438. The van der Waals surface area contributed by atoms with E-state index in [-0.39, 0.29) is 0 Å². The van der Waals surface area contributed by atoms with Crippen molar-refractivity contribution in [2.75, 3.05) is 0 Å². The Balaban J connectivity index is 1.68. The van der Waals surface area contributed by atoms with Crippen LogP contribution >= 0.6 is 11.3 Å². The van der Waals surface area contributed by atoms with Crippen molar-refractivity contribution >= 4 is 17.7 Å². The number of pyridine rings is 1. The van der Waals surface area contributed by atoms with Crippen LogP contribution in [0.2, 0.25) is 0 Å². The maximum Gasteiger partial charge on any atom is 0.234 e. The number of hydroxylamine groups is 2. The Labute approximate surface area is 197 Å². The molecule has 1 aromatic carbocycles. The Bertz CT molecular complexity index is 1180. The Kier molecular flexibility index (Phi) is 6.67. The minimum Gasteiger partial charge on any atom is -0.329 e. The second-order valence-electron chi connectivity index (χ2n) is 8.71. The van der Waals surface area contributed by atoms with Gasteiger partial charge in [0.15, 0.2) is 0 Å². The maximum atomic E-state index is 12.1. The number of hydrogen-bond donors (Lipinski definition) is 0. The Morgan fingerprint density at radius 3 is 2.45 bits per heavy atom. The molecule has 33 heavy (non-hydrogen) atoms. The summed E-state index contributed by atoms with van der Waals surface area (Å²) in [5.74, 6) is 0.721. The second-order valence-corrected chi connectivity index (χ2v) is 9.60. The van der Waals surface area contributed by atoms with Crippen LogP contribution in [-0.4, -0.2) is 36.6 Å². The molecule has 8 heteroatoms. The average molecular weight is 462 g/mol. The van der Waals surface area contributed by atoms with Crippen molar-refractivity contribution < 1.29 is 9.63 Å². The smallest absolute Gasteiger partial charge is 0.234 e. The van der Waals surface area contributed by atoms with Gasteiger partial charge in [-0.1, -0.05) is 30.3 Å². The third-order valence-electron chi connectivity index (χ3n) is 5.14. The van der Waals surface area contributed by atoms with Crippen LogP contribution in [-0.2, 0) is 23.1 Å². The molecule has 0 aliphatic carbocycles. The lowest BCUT2D eigenvalue weighted by molar-refractivity contribution is -0.235. The zero-order valence-corrected chi connectivity index (χ0v) is 20.0. The van der Waals surface area contributed by atoms with Crippen molar-refractivity contribution in [1.29, 1.82) is 0 Å². The molecule has 4 aromatic rings. The zero-order chi connectivity index (χ0) is 23.4. The first kappa shape index (κ1) is 22.8. The molecule has 0 saturated carbocycles. The minimum atomic E-state index is -0.538. The molecule has 1 atom stereocenters. The van der Waals surface area contributed by atoms with Gasteiger partial charge < -0.3 is 4.57 Å². The lowest BCUT2D eigenvalue weighted by atomic mass is 10.1. The summed E-state index contributed by atoms with van der Waals surface area (Å²) in [7, 11) is 1.96. The first-order chi connectivity index (χ1) is 15.9. The third-order valence-corrected chi connectivity index (χ3v) is 5.96. The first-order valence-corrected chi connectivity index (χ1v) is 11.6. The molecule has 0 N–H and O–H groups in total. The lowest BCUT2D eigenvalue weighted by Crippen LogP contribution is -2.38. The van der Waals surface area contributed by atoms with Gasteiger partial charge in [0, 0.05) is 31.6 Å². The predicted octanol–water partition coefficient (Wildman–Crippen LogP) is 5.08. The van der Waals surface area contributed by atoms with Crippen molar-refractivity contribution in [2.45, 2.75) is 38.8 Å². The van der Waals surface area contributed by atoms with E-state index in [1.54, 1.807) is 17.5 Å². The summed E-state index contributed by atoms with van der Waals surface area (Å²) >= 11 is 1.61. The van der Waals surface area contributed by atoms with Gasteiger partial charge in [-0.05, 0) is 44.0 Å². The van der Waals surface area contributed by atoms with Gasteiger partial charge >= 0.3 is 0 Å². The number of imidazole rings is 1. The zero-order valence-electron chi connectivity index (χ0n) is 19.2. The lowest BCUT2D eigenvalue weighted by Gasteiger charge is -2.32. The van der Waals surface area contributed by atoms with Crippen molar-refractivity contribution in [2.24, 2.45) is 7.05 Å². The van der Waals surface area contributed by atoms with E-state index in [4.69, 9.17) is 9.82 Å². The van der Waals surface area contributed by atoms with Gasteiger partial charge in [-0.3, -0.25) is 19.6 Å². The van der Waals surface area contributed by atoms with E-state index in [1.807, 2.05) is 68.5 Å². The van der Waals surface area contributed by atoms with Crippen molar-refractivity contribution in [3.63, 3.8) is 0 Å². The molecule has 0 spiro atoms. The van der Waals surface area contributed by atoms with Crippen molar-refractivity contribution in [3.05, 3.63) is 78.1 Å². The van der Waals surface area contributed by atoms with E-state index in [0.29, 0.717) is 6.42 Å². The summed E-state index contributed by atoms with van der Waals surface area (Å²) < 4.78 is 2.01. The highest BCUT2D eigenvalue weighted by Gasteiger charge is 2.29. The van der Waals surface area contributed by atoms with Crippen LogP contribution in [0.1, 0.15) is 38.3 Å². The summed E-state index contributed by atoms with van der Waals surface area (Å²) in [4.78, 5) is 32.5. The fourth-order valence-corrected chi connectivity index (χ4v) is 4.28. The largest absolute Gasteiger partial charge is 0.329 e. The highest BCUT2D eigenvalue weighted by molar-refractivity contribution is 7.13. The predicted molar refractivity (Wildman–Crippen MR) is 129 cm³/mol. The molecule has 170 valence electrons. The SMILES string of the molecule is Cn1c(-c2ccc(-c3cncs3)cc2)cnc1[C@H](Cc1ccccn1)N(C=O)OC(C)(C)C. The number of hydrogen-bond acceptors (Lipinski definition) is 6. The molecular weight excluding hydrogens is 434 g/mol. The van der Waals surface area contributed by atoms with Gasteiger partial charge in [0.25, 0.3) is 0 Å². The Hall–Kier alpha value is -3.36. The topological polar surface area (TPSA) is 73.1 Å². The summed E-state index contributed by atoms with van der Waals surface area (Å²) in [6.07, 6.45) is 6.65. The normalized spacial score (nSPS) is 12.5. The Morgan fingerprint density at radius 1 is 1.09 bits per heavy atom. The molecular formula is C25H27N5O2S. The summed E-state index contributed by atoms with van der Waals surface area (Å²) in [5.41, 5.74) is 5.26. The van der Waals surface area contributed by atoms with Crippen LogP contribution in [0, 0.1) is 0 Å². The second kappa shape index (κ2) is 9.64. The number of thiazole rings is 1. The molecule has 0 fully saturated rings. The number of aromatic nitrogens is 4. The van der Waals surface area contributed by atoms with E-state index in [0.717, 1.165) is 39.6 Å². The molecule has 0 aliphatic heterocycles. The van der Waals surface area contributed by atoms with Crippen LogP contribution in [0.25, 0.3) is 21.7 Å². The van der Waals surface area contributed by atoms with E-state index in [2.05, 4.69) is 34.2 Å². The molecule has 0 aliphatic rings. The number of carbonyl (C=O) groups is 1. The highest BCUT2D eigenvalue weighted by atomic mass is 32.1. The number of benzene rings is 1. The van der Waals surface area contributed by atoms with Crippen LogP contribution in [0.5, 0.6) is 0 Å². The van der Waals surface area contributed by atoms with Gasteiger partial charge in [0.2, 0.25) is 6.41 Å². The molecule has 0 unspecified atom stereocenters. The van der Waals surface area contributed by atoms with Gasteiger partial charge in [-0.25, -0.2) is 10.0 Å². The van der Waals surface area contributed by atoms with E-state index in [1.165, 1.54) is 5.06 Å². The van der Waals surface area contributed by atoms with E-state index in [9.17, 15) is 4.79 Å². The number of nitrogens with zero attached hydrogens (tertiary/aromatic N) is 5. The van der Waals surface area contributed by atoms with E-state index >= 15 is 0 Å². The average Bonchev–Trinajstić information content (AvgIpc) is 3.47. The van der Waals surface area contributed by atoms with Gasteiger partial charge in [0.05, 0.1) is 27.9 Å². The fourth-order valence-electron chi connectivity index (χ4n) is 3.65. The molecule has 0 saturated heterocycles. The van der Waals surface area contributed by atoms with Crippen molar-refractivity contribution in [3.8, 4) is 21.7 Å². The molecule has 0 radical (unpaired) electrons. The number of amides is 1. The molecule has 7 nitrogen and oxygen atoms in total. The summed E-state index contributed by atoms with van der Waals surface area (Å²) in [6.45, 7) is 5.74. The summed E-state index contributed by atoms with van der Waals surface area (Å²) in [6, 6.07) is 13.6. The van der Waals surface area contributed by atoms with Gasteiger partial charge in [-0.2, -0.15) is 0 Å². The summed E-state index contributed by atoms with van der Waals surface area (Å²) in [5, 5.41) is 1.35. The quantitative estimate of drug-likeness (QED) is 0.270. The first-order valence-electron chi connectivity index (χ1n) is 10.7. The molecule has 3 aromatic heterocycles. The highest BCUT2D eigenvalue weighted by Crippen LogP contribution is 2.31. The number of rotatable bonds is 8. The maximum absolute atomic E-state index is 12.1. The van der Waals surface area contributed by atoms with Crippen LogP contribution in [0.4, 0.5) is 0 Å². The van der Waals surface area contributed by atoms with Crippen LogP contribution in [0.15, 0.2) is 66.6 Å². The Morgan fingerprint density at radius 2 is 1.85 bits per heavy atom. The fraction of sp³-hybridized carbons (Fsp3) is 0.280. The van der Waals surface area contributed by atoms with Gasteiger partial charge in [0.1, 0.15) is 11.9 Å². The van der Waals surface area contributed by atoms with Crippen molar-refractivity contribution in [1.82, 2.24) is 24.6 Å². The monoisotopic (exact) mass is 461 g/mol. The number of carbonyl (C=O) groups excluding carboxylic acids is 1. The van der Waals surface area contributed by atoms with E-state index < -0.39 is 11.6 Å².